The largest absolute Gasteiger partial charge is 0.346 e. The minimum atomic E-state index is -0.380. The molecule has 0 saturated heterocycles. The molecule has 0 bridgehead atoms. The molecule has 8 heteroatoms. The fraction of sp³-hybridized carbons (Fsp3) is 0.278. The van der Waals surface area contributed by atoms with Gasteiger partial charge in [0.2, 0.25) is 0 Å². The van der Waals surface area contributed by atoms with E-state index in [2.05, 4.69) is 39.1 Å². The van der Waals surface area contributed by atoms with Gasteiger partial charge in [0.1, 0.15) is 0 Å². The minimum absolute atomic E-state index is 0.203. The zero-order chi connectivity index (χ0) is 18.7. The molecule has 4 aromatic rings. The maximum absolute atomic E-state index is 13.0. The van der Waals surface area contributed by atoms with Crippen molar-refractivity contribution in [2.24, 2.45) is 21.1 Å². The average Bonchev–Trinajstić information content (AvgIpc) is 3.07. The highest BCUT2D eigenvalue weighted by molar-refractivity contribution is 9.10. The molecule has 0 amide bonds. The number of hydrogen-bond acceptors (Lipinski definition) is 3. The van der Waals surface area contributed by atoms with Crippen molar-refractivity contribution in [2.75, 3.05) is 0 Å². The van der Waals surface area contributed by atoms with Crippen LogP contribution in [0, 0.1) is 6.92 Å². The van der Waals surface area contributed by atoms with Crippen molar-refractivity contribution < 1.29 is 0 Å². The highest BCUT2D eigenvalue weighted by Crippen LogP contribution is 2.20. The van der Waals surface area contributed by atoms with E-state index in [9.17, 15) is 9.59 Å². The first-order chi connectivity index (χ1) is 12.3. The number of imidazole rings is 1. The average molecular weight is 416 g/mol. The van der Waals surface area contributed by atoms with Crippen molar-refractivity contribution in [3.8, 4) is 0 Å². The van der Waals surface area contributed by atoms with Gasteiger partial charge in [-0.25, -0.2) is 9.78 Å². The van der Waals surface area contributed by atoms with E-state index in [0.29, 0.717) is 15.9 Å². The molecule has 1 aromatic carbocycles. The molecule has 0 N–H and O–H groups in total. The van der Waals surface area contributed by atoms with Gasteiger partial charge in [-0.3, -0.25) is 13.9 Å². The Morgan fingerprint density at radius 1 is 1.04 bits per heavy atom. The van der Waals surface area contributed by atoms with E-state index in [4.69, 9.17) is 0 Å². The van der Waals surface area contributed by atoms with E-state index in [1.165, 1.54) is 14.7 Å². The second kappa shape index (κ2) is 5.70. The standard InChI is InChI=1S/C18H18BrN5O2/c1-10-5-6-13-11(7-10)8-12(21(13)2)9-24-16(25)14-15(23(4)18(24)26)20-17(19)22(14)3/h5-8H,9H2,1-4H3. The Morgan fingerprint density at radius 3 is 2.50 bits per heavy atom. The Balaban J connectivity index is 1.96. The number of nitrogens with zero attached hydrogens (tertiary/aromatic N) is 5. The molecule has 3 aromatic heterocycles. The molecule has 26 heavy (non-hydrogen) atoms. The molecular formula is C18H18BrN5O2. The molecule has 0 spiro atoms. The quantitative estimate of drug-likeness (QED) is 0.470. The summed E-state index contributed by atoms with van der Waals surface area (Å²) in [7, 11) is 5.32. The van der Waals surface area contributed by atoms with Crippen molar-refractivity contribution in [3.63, 3.8) is 0 Å². The molecule has 7 nitrogen and oxygen atoms in total. The number of rotatable bonds is 2. The number of halogens is 1. The Labute approximate surface area is 157 Å². The predicted octanol–water partition coefficient (Wildman–Crippen LogP) is 2.04. The molecule has 0 saturated carbocycles. The summed E-state index contributed by atoms with van der Waals surface area (Å²) in [6.07, 6.45) is 0. The van der Waals surface area contributed by atoms with Crippen molar-refractivity contribution in [1.29, 1.82) is 0 Å². The lowest BCUT2D eigenvalue weighted by Crippen LogP contribution is -2.40. The first-order valence-corrected chi connectivity index (χ1v) is 8.95. The van der Waals surface area contributed by atoms with Crippen LogP contribution in [0.15, 0.2) is 38.6 Å². The summed E-state index contributed by atoms with van der Waals surface area (Å²) in [5.41, 5.74) is 3.18. The Hall–Kier alpha value is -2.61. The van der Waals surface area contributed by atoms with Crippen LogP contribution >= 0.6 is 15.9 Å². The Kier molecular flexibility index (Phi) is 3.69. The Bertz CT molecular complexity index is 1310. The smallest absolute Gasteiger partial charge is 0.332 e. The topological polar surface area (TPSA) is 66.8 Å². The number of fused-ring (bicyclic) bond motifs is 2. The number of aromatic nitrogens is 5. The van der Waals surface area contributed by atoms with Crippen LogP contribution in [0.25, 0.3) is 22.1 Å². The van der Waals surface area contributed by atoms with Crippen LogP contribution in [0.2, 0.25) is 0 Å². The highest BCUT2D eigenvalue weighted by atomic mass is 79.9. The first kappa shape index (κ1) is 16.8. The van der Waals surface area contributed by atoms with E-state index in [1.807, 2.05) is 24.6 Å². The van der Waals surface area contributed by atoms with Crippen molar-refractivity contribution in [1.82, 2.24) is 23.3 Å². The van der Waals surface area contributed by atoms with E-state index in [0.717, 1.165) is 16.6 Å². The second-order valence-corrected chi connectivity index (χ2v) is 7.31. The lowest BCUT2D eigenvalue weighted by molar-refractivity contribution is 0.632. The third kappa shape index (κ3) is 2.28. The van der Waals surface area contributed by atoms with Gasteiger partial charge in [0.15, 0.2) is 15.9 Å². The zero-order valence-electron chi connectivity index (χ0n) is 14.9. The van der Waals surface area contributed by atoms with E-state index < -0.39 is 0 Å². The van der Waals surface area contributed by atoms with Gasteiger partial charge in [-0.15, -0.1) is 0 Å². The molecule has 0 fully saturated rings. The molecule has 0 aliphatic carbocycles. The first-order valence-electron chi connectivity index (χ1n) is 8.16. The molecule has 0 aliphatic rings. The van der Waals surface area contributed by atoms with Gasteiger partial charge in [-0.05, 0) is 41.1 Å². The summed E-state index contributed by atoms with van der Waals surface area (Å²) in [5, 5.41) is 1.09. The molecule has 4 rings (SSSR count). The van der Waals surface area contributed by atoms with Crippen LogP contribution in [-0.4, -0.2) is 23.3 Å². The summed E-state index contributed by atoms with van der Waals surface area (Å²) in [4.78, 5) is 30.0. The lowest BCUT2D eigenvalue weighted by Gasteiger charge is -2.09. The maximum atomic E-state index is 13.0. The molecule has 0 atom stereocenters. The summed E-state index contributed by atoms with van der Waals surface area (Å²) in [6, 6.07) is 8.23. The van der Waals surface area contributed by atoms with Crippen molar-refractivity contribution in [3.05, 3.63) is 61.1 Å². The fourth-order valence-corrected chi connectivity index (χ4v) is 3.74. The van der Waals surface area contributed by atoms with Crippen LogP contribution in [0.3, 0.4) is 0 Å². The third-order valence-electron chi connectivity index (χ3n) is 4.92. The van der Waals surface area contributed by atoms with Gasteiger partial charge in [0.25, 0.3) is 5.56 Å². The zero-order valence-corrected chi connectivity index (χ0v) is 16.5. The van der Waals surface area contributed by atoms with Gasteiger partial charge in [-0.1, -0.05) is 11.6 Å². The summed E-state index contributed by atoms with van der Waals surface area (Å²) < 4.78 is 6.85. The normalized spacial score (nSPS) is 11.7. The SMILES string of the molecule is Cc1ccc2c(c1)cc(Cn1c(=O)c3c(nc(Br)n3C)n(C)c1=O)n2C. The van der Waals surface area contributed by atoms with Gasteiger partial charge >= 0.3 is 5.69 Å². The second-order valence-electron chi connectivity index (χ2n) is 6.60. The van der Waals surface area contributed by atoms with Gasteiger partial charge < -0.3 is 9.13 Å². The van der Waals surface area contributed by atoms with E-state index in [1.54, 1.807) is 18.7 Å². The number of aryl methyl sites for hydroxylation is 4. The van der Waals surface area contributed by atoms with Crippen LogP contribution < -0.4 is 11.2 Å². The molecule has 134 valence electrons. The van der Waals surface area contributed by atoms with Gasteiger partial charge in [0.05, 0.1) is 6.54 Å². The van der Waals surface area contributed by atoms with Crippen LogP contribution in [0.5, 0.6) is 0 Å². The molecular weight excluding hydrogens is 398 g/mol. The lowest BCUT2D eigenvalue weighted by atomic mass is 10.2. The van der Waals surface area contributed by atoms with Crippen molar-refractivity contribution >= 4 is 38.0 Å². The molecule has 0 radical (unpaired) electrons. The van der Waals surface area contributed by atoms with E-state index in [-0.39, 0.29) is 17.8 Å². The monoisotopic (exact) mass is 415 g/mol. The van der Waals surface area contributed by atoms with Crippen LogP contribution in [0.1, 0.15) is 11.3 Å². The van der Waals surface area contributed by atoms with Gasteiger partial charge in [0, 0.05) is 37.7 Å². The summed E-state index contributed by atoms with van der Waals surface area (Å²) in [5.74, 6) is 0. The summed E-state index contributed by atoms with van der Waals surface area (Å²) in [6.45, 7) is 2.25. The molecule has 0 unspecified atom stereocenters. The number of benzene rings is 1. The Morgan fingerprint density at radius 2 is 1.77 bits per heavy atom. The maximum Gasteiger partial charge on any atom is 0.332 e. The highest BCUT2D eigenvalue weighted by Gasteiger charge is 2.18. The predicted molar refractivity (Wildman–Crippen MR) is 105 cm³/mol. The fourth-order valence-electron chi connectivity index (χ4n) is 3.40. The van der Waals surface area contributed by atoms with Crippen molar-refractivity contribution in [2.45, 2.75) is 13.5 Å². The molecule has 3 heterocycles. The van der Waals surface area contributed by atoms with Crippen LogP contribution in [0.4, 0.5) is 0 Å². The minimum Gasteiger partial charge on any atom is -0.346 e. The van der Waals surface area contributed by atoms with Gasteiger partial charge in [-0.2, -0.15) is 0 Å². The van der Waals surface area contributed by atoms with Crippen LogP contribution in [-0.2, 0) is 27.7 Å². The summed E-state index contributed by atoms with van der Waals surface area (Å²) >= 11 is 3.32. The number of hydrogen-bond donors (Lipinski definition) is 0. The van der Waals surface area contributed by atoms with E-state index >= 15 is 0 Å². The third-order valence-corrected chi connectivity index (χ3v) is 5.63. The molecule has 0 aliphatic heterocycles.